The van der Waals surface area contributed by atoms with Crippen molar-refractivity contribution >= 4 is 14.2 Å². The number of hydrogen-bond donors (Lipinski definition) is 1. The summed E-state index contributed by atoms with van der Waals surface area (Å²) in [6.45, 7) is 18.2. The molecule has 1 rings (SSSR count). The molecule has 1 heterocycles. The minimum atomic E-state index is -1.12. The Labute approximate surface area is 141 Å². The van der Waals surface area contributed by atoms with Gasteiger partial charge in [-0.25, -0.2) is 4.79 Å². The number of ether oxygens (including phenoxy) is 2. The summed E-state index contributed by atoms with van der Waals surface area (Å²) in [6, 6.07) is 1.09. The van der Waals surface area contributed by atoms with Crippen LogP contribution >= 0.6 is 0 Å². The van der Waals surface area contributed by atoms with Crippen molar-refractivity contribution < 1.29 is 19.4 Å². The molecule has 1 N–H and O–H groups in total. The van der Waals surface area contributed by atoms with E-state index in [0.717, 1.165) is 6.04 Å². The molecule has 2 atom stereocenters. The molecule has 0 radical (unpaired) electrons. The fourth-order valence-electron chi connectivity index (χ4n) is 2.34. The van der Waals surface area contributed by atoms with Gasteiger partial charge in [-0.1, -0.05) is 26.2 Å². The van der Waals surface area contributed by atoms with Gasteiger partial charge in [0.15, 0.2) is 0 Å². The molecule has 1 aliphatic rings. The van der Waals surface area contributed by atoms with Crippen LogP contribution in [0.1, 0.15) is 20.8 Å². The van der Waals surface area contributed by atoms with Crippen molar-refractivity contribution in [1.29, 1.82) is 0 Å². The maximum atomic E-state index is 12.2. The van der Waals surface area contributed by atoms with Crippen molar-refractivity contribution in [3.8, 4) is 0 Å². The van der Waals surface area contributed by atoms with E-state index in [1.807, 2.05) is 20.8 Å². The number of hydrogen-bond acceptors (Lipinski definition) is 4. The lowest BCUT2D eigenvalue weighted by Crippen LogP contribution is -2.50. The monoisotopic (exact) mass is 343 g/mol. The van der Waals surface area contributed by atoms with Crippen LogP contribution in [0.4, 0.5) is 4.79 Å². The van der Waals surface area contributed by atoms with E-state index in [1.165, 1.54) is 0 Å². The van der Waals surface area contributed by atoms with Crippen molar-refractivity contribution in [3.05, 3.63) is 12.2 Å². The first-order valence-corrected chi connectivity index (χ1v) is 12.0. The highest BCUT2D eigenvalue weighted by molar-refractivity contribution is 6.76. The summed E-state index contributed by atoms with van der Waals surface area (Å²) in [6.07, 6.45) is -0.988. The second kappa shape index (κ2) is 7.81. The Balaban J connectivity index is 2.55. The first-order chi connectivity index (χ1) is 10.4. The predicted molar refractivity (Wildman–Crippen MR) is 95.4 cm³/mol. The largest absolute Gasteiger partial charge is 0.444 e. The summed E-state index contributed by atoms with van der Waals surface area (Å²) >= 11 is 0. The topological polar surface area (TPSA) is 59.0 Å². The van der Waals surface area contributed by atoms with Gasteiger partial charge in [-0.05, 0) is 32.4 Å². The van der Waals surface area contributed by atoms with Crippen molar-refractivity contribution in [2.24, 2.45) is 5.92 Å². The average molecular weight is 344 g/mol. The smallest absolute Gasteiger partial charge is 0.410 e. The third-order valence-corrected chi connectivity index (χ3v) is 5.40. The van der Waals surface area contributed by atoms with Crippen molar-refractivity contribution in [3.63, 3.8) is 0 Å². The van der Waals surface area contributed by atoms with Crippen LogP contribution in [0, 0.1) is 5.92 Å². The molecule has 0 unspecified atom stereocenters. The molecular formula is C17H33NO4Si. The maximum absolute atomic E-state index is 12.2. The standard InChI is InChI=1S/C17H33NO4Si/c1-13-10-18(16(20)22-17(2,3)4)11-14(15(13)19)12-21-8-9-23(5,6)7/h14-15,19H,1,8-12H2,2-7H3/t14-,15+/m1/s1. The molecule has 0 aromatic rings. The summed E-state index contributed by atoms with van der Waals surface area (Å²) < 4.78 is 11.2. The normalized spacial score (nSPS) is 23.1. The molecule has 1 fully saturated rings. The van der Waals surface area contributed by atoms with Gasteiger partial charge in [0, 0.05) is 33.7 Å². The molecule has 1 amide bonds. The zero-order chi connectivity index (χ0) is 17.8. The SMILES string of the molecule is C=C1CN(C(=O)OC(C)(C)C)C[C@H](COCC[Si](C)(C)C)[C@H]1O. The van der Waals surface area contributed by atoms with E-state index >= 15 is 0 Å². The number of amides is 1. The predicted octanol–water partition coefficient (Wildman–Crippen LogP) is 3.13. The first kappa shape index (κ1) is 20.2. The zero-order valence-corrected chi connectivity index (χ0v) is 16.5. The highest BCUT2D eigenvalue weighted by atomic mass is 28.3. The summed E-state index contributed by atoms with van der Waals surface area (Å²) in [5.41, 5.74) is 0.110. The van der Waals surface area contributed by atoms with Gasteiger partial charge in [-0.3, -0.25) is 0 Å². The van der Waals surface area contributed by atoms with Crippen LogP contribution in [-0.2, 0) is 9.47 Å². The van der Waals surface area contributed by atoms with Gasteiger partial charge in [-0.2, -0.15) is 0 Å². The van der Waals surface area contributed by atoms with Crippen molar-refractivity contribution in [2.45, 2.75) is 58.2 Å². The lowest BCUT2D eigenvalue weighted by Gasteiger charge is -2.38. The van der Waals surface area contributed by atoms with Crippen LogP contribution in [0.15, 0.2) is 12.2 Å². The Morgan fingerprint density at radius 1 is 1.39 bits per heavy atom. The molecule has 0 spiro atoms. The minimum absolute atomic E-state index is 0.148. The van der Waals surface area contributed by atoms with E-state index in [1.54, 1.807) is 4.90 Å². The third-order valence-electron chi connectivity index (χ3n) is 3.69. The molecule has 0 aliphatic carbocycles. The van der Waals surface area contributed by atoms with E-state index in [4.69, 9.17) is 9.47 Å². The minimum Gasteiger partial charge on any atom is -0.444 e. The molecule has 0 aromatic heterocycles. The number of rotatable bonds is 5. The third kappa shape index (κ3) is 7.50. The Hall–Kier alpha value is -0.853. The Morgan fingerprint density at radius 3 is 2.52 bits per heavy atom. The molecule has 0 aromatic carbocycles. The highest BCUT2D eigenvalue weighted by Gasteiger charge is 2.34. The van der Waals surface area contributed by atoms with Crippen LogP contribution in [0.25, 0.3) is 0 Å². The van der Waals surface area contributed by atoms with E-state index in [2.05, 4.69) is 26.2 Å². The van der Waals surface area contributed by atoms with Crippen LogP contribution in [0.3, 0.4) is 0 Å². The van der Waals surface area contributed by atoms with E-state index in [9.17, 15) is 9.90 Å². The number of aliphatic hydroxyl groups is 1. The Morgan fingerprint density at radius 2 is 2.00 bits per heavy atom. The van der Waals surface area contributed by atoms with Crippen LogP contribution < -0.4 is 0 Å². The number of likely N-dealkylation sites (tertiary alicyclic amines) is 1. The fraction of sp³-hybridized carbons (Fsp3) is 0.824. The molecule has 0 bridgehead atoms. The average Bonchev–Trinajstić information content (AvgIpc) is 2.35. The summed E-state index contributed by atoms with van der Waals surface area (Å²) in [5, 5.41) is 10.3. The zero-order valence-electron chi connectivity index (χ0n) is 15.5. The van der Waals surface area contributed by atoms with Gasteiger partial charge in [0.2, 0.25) is 0 Å². The molecule has 23 heavy (non-hydrogen) atoms. The van der Waals surface area contributed by atoms with Gasteiger partial charge in [0.1, 0.15) is 5.60 Å². The van der Waals surface area contributed by atoms with Crippen molar-refractivity contribution in [1.82, 2.24) is 4.90 Å². The van der Waals surface area contributed by atoms with Gasteiger partial charge < -0.3 is 19.5 Å². The Kier molecular flexibility index (Phi) is 6.86. The second-order valence-corrected chi connectivity index (χ2v) is 14.2. The molecule has 5 nitrogen and oxygen atoms in total. The van der Waals surface area contributed by atoms with Gasteiger partial charge in [-0.15, -0.1) is 0 Å². The van der Waals surface area contributed by atoms with E-state index < -0.39 is 19.8 Å². The molecule has 0 saturated carbocycles. The number of carbonyl (C=O) groups excluding carboxylic acids is 1. The summed E-state index contributed by atoms with van der Waals surface area (Å²) in [4.78, 5) is 13.8. The summed E-state index contributed by atoms with van der Waals surface area (Å²) in [7, 11) is -1.12. The lowest BCUT2D eigenvalue weighted by molar-refractivity contribution is -0.0110. The molecular weight excluding hydrogens is 310 g/mol. The quantitative estimate of drug-likeness (QED) is 0.473. The van der Waals surface area contributed by atoms with Crippen LogP contribution in [0.5, 0.6) is 0 Å². The number of carbonyl (C=O) groups is 1. The first-order valence-electron chi connectivity index (χ1n) is 8.30. The second-order valence-electron chi connectivity index (χ2n) is 8.61. The number of piperidine rings is 1. The van der Waals surface area contributed by atoms with Crippen molar-refractivity contribution in [2.75, 3.05) is 26.3 Å². The lowest BCUT2D eigenvalue weighted by atomic mass is 9.92. The maximum Gasteiger partial charge on any atom is 0.410 e. The van der Waals surface area contributed by atoms with Crippen LogP contribution in [-0.4, -0.2) is 62.2 Å². The molecule has 1 saturated heterocycles. The molecule has 134 valence electrons. The number of aliphatic hydroxyl groups excluding tert-OH is 1. The van der Waals surface area contributed by atoms with Gasteiger partial charge >= 0.3 is 6.09 Å². The number of nitrogens with zero attached hydrogens (tertiary/aromatic N) is 1. The van der Waals surface area contributed by atoms with E-state index in [0.29, 0.717) is 31.9 Å². The molecule has 1 aliphatic heterocycles. The highest BCUT2D eigenvalue weighted by Crippen LogP contribution is 2.23. The van der Waals surface area contributed by atoms with Crippen LogP contribution in [0.2, 0.25) is 25.7 Å². The fourth-order valence-corrected chi connectivity index (χ4v) is 3.10. The molecule has 6 heteroatoms. The Bertz CT molecular complexity index is 425. The van der Waals surface area contributed by atoms with Gasteiger partial charge in [0.05, 0.1) is 12.7 Å². The van der Waals surface area contributed by atoms with E-state index in [-0.39, 0.29) is 12.0 Å². The summed E-state index contributed by atoms with van der Waals surface area (Å²) in [5.74, 6) is -0.148. The van der Waals surface area contributed by atoms with Gasteiger partial charge in [0.25, 0.3) is 0 Å².